The van der Waals surface area contributed by atoms with Gasteiger partial charge in [0.05, 0.1) is 10.7 Å². The Morgan fingerprint density at radius 1 is 1.10 bits per heavy atom. The normalized spacial score (nSPS) is 11.7. The van der Waals surface area contributed by atoms with Gasteiger partial charge in [-0.15, -0.1) is 10.2 Å². The molecule has 4 rings (SSSR count). The summed E-state index contributed by atoms with van der Waals surface area (Å²) >= 11 is 2.29. The lowest BCUT2D eigenvalue weighted by atomic mass is 10.2. The molecule has 2 aromatic carbocycles. The van der Waals surface area contributed by atoms with Crippen molar-refractivity contribution in [1.29, 1.82) is 0 Å². The van der Waals surface area contributed by atoms with E-state index in [2.05, 4.69) is 20.8 Å². The van der Waals surface area contributed by atoms with E-state index in [9.17, 15) is 19.7 Å². The smallest absolute Gasteiger partial charge is 0.269 e. The molecular formula is C18H13N5O6S2. The zero-order valence-corrected chi connectivity index (χ0v) is 17.2. The highest BCUT2D eigenvalue weighted by Gasteiger charge is 2.16. The Kier molecular flexibility index (Phi) is 5.95. The quantitative estimate of drug-likeness (QED) is 0.235. The minimum absolute atomic E-state index is 0.0966. The van der Waals surface area contributed by atoms with Gasteiger partial charge >= 0.3 is 0 Å². The lowest BCUT2D eigenvalue weighted by Gasteiger charge is -2.05. The van der Waals surface area contributed by atoms with Gasteiger partial charge in [-0.3, -0.25) is 25.0 Å². The molecule has 0 saturated heterocycles. The molecule has 13 heteroatoms. The molecule has 11 nitrogen and oxygen atoms in total. The topological polar surface area (TPSA) is 146 Å². The Balaban J connectivity index is 1.28. The molecule has 31 heavy (non-hydrogen) atoms. The van der Waals surface area contributed by atoms with E-state index in [1.54, 1.807) is 18.2 Å². The van der Waals surface area contributed by atoms with E-state index in [1.807, 2.05) is 0 Å². The highest BCUT2D eigenvalue weighted by molar-refractivity contribution is 8.01. The van der Waals surface area contributed by atoms with Crippen LogP contribution in [0.1, 0.15) is 10.4 Å². The number of hydrogen-bond acceptors (Lipinski definition) is 10. The predicted molar refractivity (Wildman–Crippen MR) is 113 cm³/mol. The van der Waals surface area contributed by atoms with Gasteiger partial charge in [0.15, 0.2) is 15.8 Å². The molecule has 0 saturated carbocycles. The number of nitrogens with zero attached hydrogens (tertiary/aromatic N) is 3. The summed E-state index contributed by atoms with van der Waals surface area (Å²) in [6, 6.07) is 10.3. The molecule has 1 aromatic heterocycles. The van der Waals surface area contributed by atoms with Crippen LogP contribution in [0, 0.1) is 10.1 Å². The number of fused-ring (bicyclic) bond motifs is 1. The van der Waals surface area contributed by atoms with Gasteiger partial charge in [-0.05, 0) is 24.3 Å². The van der Waals surface area contributed by atoms with E-state index in [1.165, 1.54) is 36.0 Å². The maximum Gasteiger partial charge on any atom is 0.269 e. The molecule has 0 atom stereocenters. The van der Waals surface area contributed by atoms with Gasteiger partial charge in [0.2, 0.25) is 17.8 Å². The molecule has 3 aromatic rings. The number of nitro groups is 1. The van der Waals surface area contributed by atoms with Crippen molar-refractivity contribution in [1.82, 2.24) is 10.2 Å². The molecule has 2 heterocycles. The van der Waals surface area contributed by atoms with Crippen LogP contribution in [0.5, 0.6) is 11.5 Å². The molecule has 2 N–H and O–H groups in total. The summed E-state index contributed by atoms with van der Waals surface area (Å²) in [5.41, 5.74) is 0.728. The molecular weight excluding hydrogens is 446 g/mol. The van der Waals surface area contributed by atoms with Crippen LogP contribution < -0.4 is 20.1 Å². The maximum absolute atomic E-state index is 12.2. The Labute approximate surface area is 182 Å². The summed E-state index contributed by atoms with van der Waals surface area (Å²) < 4.78 is 11.0. The number of non-ortho nitro benzene ring substituents is 1. The molecule has 0 spiro atoms. The lowest BCUT2D eigenvalue weighted by Crippen LogP contribution is -2.13. The number of amides is 2. The van der Waals surface area contributed by atoms with Gasteiger partial charge in [-0.1, -0.05) is 23.1 Å². The number of anilines is 2. The van der Waals surface area contributed by atoms with Gasteiger partial charge in [0.1, 0.15) is 0 Å². The van der Waals surface area contributed by atoms with Crippen molar-refractivity contribution in [3.05, 3.63) is 58.1 Å². The average molecular weight is 459 g/mol. The minimum Gasteiger partial charge on any atom is -0.454 e. The van der Waals surface area contributed by atoms with Crippen LogP contribution in [-0.2, 0) is 4.79 Å². The fraction of sp³-hybridized carbons (Fsp3) is 0.111. The van der Waals surface area contributed by atoms with Crippen LogP contribution in [0.25, 0.3) is 0 Å². The standard InChI is InChI=1S/C18H13N5O6S2/c24-15(19-11-3-6-13-14(7-11)29-9-28-13)8-30-18-22-21-17(31-18)20-16(25)10-1-4-12(5-2-10)23(26)27/h1-7H,8-9H2,(H,19,24)(H,20,21,25). The van der Waals surface area contributed by atoms with Gasteiger partial charge in [-0.2, -0.15) is 0 Å². The molecule has 0 aliphatic carbocycles. The number of aromatic nitrogens is 2. The summed E-state index contributed by atoms with van der Waals surface area (Å²) in [4.78, 5) is 34.5. The number of carbonyl (C=O) groups excluding carboxylic acids is 2. The number of carbonyl (C=O) groups is 2. The highest BCUT2D eigenvalue weighted by atomic mass is 32.2. The van der Waals surface area contributed by atoms with Crippen molar-refractivity contribution in [2.75, 3.05) is 23.2 Å². The second kappa shape index (κ2) is 8.97. The Bertz CT molecular complexity index is 1150. The first-order chi connectivity index (χ1) is 15.0. The molecule has 1 aliphatic rings. The second-order valence-corrected chi connectivity index (χ2v) is 8.24. The molecule has 0 fully saturated rings. The zero-order chi connectivity index (χ0) is 21.8. The van der Waals surface area contributed by atoms with Crippen LogP contribution in [0.2, 0.25) is 0 Å². The van der Waals surface area contributed by atoms with E-state index in [0.29, 0.717) is 21.5 Å². The molecule has 0 unspecified atom stereocenters. The SMILES string of the molecule is O=C(CSc1nnc(NC(=O)c2ccc([N+](=O)[O-])cc2)s1)Nc1ccc2c(c1)OCO2. The number of nitrogens with one attached hydrogen (secondary N) is 2. The van der Waals surface area contributed by atoms with Gasteiger partial charge in [0, 0.05) is 29.4 Å². The monoisotopic (exact) mass is 459 g/mol. The van der Waals surface area contributed by atoms with Gasteiger partial charge in [-0.25, -0.2) is 0 Å². The summed E-state index contributed by atoms with van der Waals surface area (Å²) in [7, 11) is 0. The van der Waals surface area contributed by atoms with Crippen molar-refractivity contribution < 1.29 is 24.0 Å². The number of thioether (sulfide) groups is 1. The van der Waals surface area contributed by atoms with Gasteiger partial charge < -0.3 is 14.8 Å². The van der Waals surface area contributed by atoms with Crippen LogP contribution in [0.3, 0.4) is 0 Å². The average Bonchev–Trinajstić information content (AvgIpc) is 3.41. The Morgan fingerprint density at radius 2 is 1.87 bits per heavy atom. The molecule has 0 bridgehead atoms. The number of ether oxygens (including phenoxy) is 2. The van der Waals surface area contributed by atoms with E-state index in [4.69, 9.17) is 9.47 Å². The first kappa shape index (κ1) is 20.6. The third-order valence-corrected chi connectivity index (χ3v) is 5.92. The van der Waals surface area contributed by atoms with Crippen molar-refractivity contribution in [2.24, 2.45) is 0 Å². The highest BCUT2D eigenvalue weighted by Crippen LogP contribution is 2.34. The minimum atomic E-state index is -0.543. The largest absolute Gasteiger partial charge is 0.454 e. The van der Waals surface area contributed by atoms with Crippen LogP contribution in [-0.4, -0.2) is 39.5 Å². The number of rotatable bonds is 7. The second-order valence-electron chi connectivity index (χ2n) is 6.04. The summed E-state index contributed by atoms with van der Waals surface area (Å²) in [6.45, 7) is 0.155. The fourth-order valence-electron chi connectivity index (χ4n) is 2.52. The van der Waals surface area contributed by atoms with E-state index < -0.39 is 10.8 Å². The molecule has 0 radical (unpaired) electrons. The zero-order valence-electron chi connectivity index (χ0n) is 15.6. The van der Waals surface area contributed by atoms with Crippen molar-refractivity contribution in [3.63, 3.8) is 0 Å². The van der Waals surface area contributed by atoms with Crippen molar-refractivity contribution in [3.8, 4) is 11.5 Å². The third-order valence-electron chi connectivity index (χ3n) is 3.95. The molecule has 1 aliphatic heterocycles. The van der Waals surface area contributed by atoms with Crippen LogP contribution >= 0.6 is 23.1 Å². The summed E-state index contributed by atoms with van der Waals surface area (Å²) in [6.07, 6.45) is 0. The van der Waals surface area contributed by atoms with Crippen molar-refractivity contribution in [2.45, 2.75) is 4.34 Å². The first-order valence-corrected chi connectivity index (χ1v) is 10.5. The number of hydrogen-bond donors (Lipinski definition) is 2. The fourth-order valence-corrected chi connectivity index (χ4v) is 4.07. The summed E-state index contributed by atoms with van der Waals surface area (Å²) in [5, 5.41) is 24.1. The first-order valence-electron chi connectivity index (χ1n) is 8.69. The van der Waals surface area contributed by atoms with Crippen molar-refractivity contribution >= 4 is 51.4 Å². The molecule has 158 valence electrons. The lowest BCUT2D eigenvalue weighted by molar-refractivity contribution is -0.384. The predicted octanol–water partition coefficient (Wildman–Crippen LogP) is 3.16. The summed E-state index contributed by atoms with van der Waals surface area (Å²) in [5.74, 6) is 0.588. The van der Waals surface area contributed by atoms with E-state index in [0.717, 1.165) is 11.3 Å². The van der Waals surface area contributed by atoms with E-state index >= 15 is 0 Å². The van der Waals surface area contributed by atoms with E-state index in [-0.39, 0.29) is 34.8 Å². The Hall–Kier alpha value is -3.71. The number of nitro benzene ring substituents is 1. The van der Waals surface area contributed by atoms with Crippen LogP contribution in [0.15, 0.2) is 46.8 Å². The third kappa shape index (κ3) is 5.07. The molecule has 2 amide bonds. The number of benzene rings is 2. The van der Waals surface area contributed by atoms with Crippen LogP contribution in [0.4, 0.5) is 16.5 Å². The maximum atomic E-state index is 12.2. The van der Waals surface area contributed by atoms with Gasteiger partial charge in [0.25, 0.3) is 11.6 Å². The Morgan fingerprint density at radius 3 is 2.65 bits per heavy atom.